The fourth-order valence-corrected chi connectivity index (χ4v) is 6.88. The molecule has 3 N–H and O–H groups in total. The number of fused-ring (bicyclic) bond motifs is 3. The highest BCUT2D eigenvalue weighted by Crippen LogP contribution is 2.45. The summed E-state index contributed by atoms with van der Waals surface area (Å²) in [5, 5.41) is 3.63. The van der Waals surface area contributed by atoms with E-state index in [-0.39, 0.29) is 46.1 Å². The molecule has 3 aromatic rings. The zero-order chi connectivity index (χ0) is 29.8. The first-order valence-electron chi connectivity index (χ1n) is 14.4. The van der Waals surface area contributed by atoms with Crippen molar-refractivity contribution in [3.8, 4) is 17.3 Å². The Balaban J connectivity index is 1.48. The van der Waals surface area contributed by atoms with Crippen molar-refractivity contribution in [2.45, 2.75) is 70.3 Å². The Morgan fingerprint density at radius 2 is 1.79 bits per heavy atom. The normalized spacial score (nSPS) is 22.1. The monoisotopic (exact) mass is 607 g/mol. The molecule has 42 heavy (non-hydrogen) atoms. The maximum atomic E-state index is 16.5. The number of rotatable bonds is 6. The van der Waals surface area contributed by atoms with Gasteiger partial charge < -0.3 is 20.7 Å². The van der Waals surface area contributed by atoms with Crippen molar-refractivity contribution in [2.24, 2.45) is 0 Å². The van der Waals surface area contributed by atoms with E-state index in [0.717, 1.165) is 44.8 Å². The van der Waals surface area contributed by atoms with Gasteiger partial charge in [0.1, 0.15) is 23.3 Å². The fourth-order valence-electron chi connectivity index (χ4n) is 6.60. The number of likely N-dealkylation sites (tertiary alicyclic amines) is 1. The second-order valence-corrected chi connectivity index (χ2v) is 12.1. The predicted molar refractivity (Wildman–Crippen MR) is 154 cm³/mol. The molecule has 8 nitrogen and oxygen atoms in total. The van der Waals surface area contributed by atoms with E-state index < -0.39 is 28.8 Å². The van der Waals surface area contributed by atoms with Crippen LogP contribution in [0.5, 0.6) is 6.01 Å². The van der Waals surface area contributed by atoms with Gasteiger partial charge in [0.25, 0.3) is 0 Å². The molecule has 1 aromatic carbocycles. The number of alkyl halides is 3. The molecule has 3 atom stereocenters. The van der Waals surface area contributed by atoms with Crippen LogP contribution in [0.3, 0.4) is 0 Å². The zero-order valence-electron chi connectivity index (χ0n) is 23.6. The summed E-state index contributed by atoms with van der Waals surface area (Å²) in [6.07, 6.45) is 0.372. The number of pyridine rings is 1. The molecule has 5 heterocycles. The third kappa shape index (κ3) is 5.68. The third-order valence-electron chi connectivity index (χ3n) is 8.39. The lowest BCUT2D eigenvalue weighted by atomic mass is 9.99. The number of nitrogen functional groups attached to an aromatic ring is 1. The van der Waals surface area contributed by atoms with Crippen LogP contribution in [0.25, 0.3) is 22.2 Å². The number of aromatic nitrogens is 3. The smallest absolute Gasteiger partial charge is 0.418 e. The van der Waals surface area contributed by atoms with Gasteiger partial charge in [-0.1, -0.05) is 18.0 Å². The summed E-state index contributed by atoms with van der Waals surface area (Å²) >= 11 is 6.57. The molecule has 6 rings (SSSR count). The molecule has 2 aromatic heterocycles. The van der Waals surface area contributed by atoms with Crippen LogP contribution in [0.4, 0.5) is 29.2 Å². The number of hydrogen-bond donors (Lipinski definition) is 2. The molecule has 13 heteroatoms. The van der Waals surface area contributed by atoms with Gasteiger partial charge in [-0.25, -0.2) is 9.37 Å². The van der Waals surface area contributed by atoms with Crippen LogP contribution < -0.4 is 20.7 Å². The molecule has 3 fully saturated rings. The minimum Gasteiger partial charge on any atom is -0.459 e. The average Bonchev–Trinajstić information content (AvgIpc) is 3.25. The van der Waals surface area contributed by atoms with Gasteiger partial charge in [-0.05, 0) is 70.3 Å². The highest BCUT2D eigenvalue weighted by molar-refractivity contribution is 6.34. The predicted octanol–water partition coefficient (Wildman–Crippen LogP) is 5.59. The summed E-state index contributed by atoms with van der Waals surface area (Å²) in [5.74, 6) is -0.768. The summed E-state index contributed by atoms with van der Waals surface area (Å²) in [4.78, 5) is 17.4. The van der Waals surface area contributed by atoms with E-state index in [2.05, 4.69) is 25.1 Å². The van der Waals surface area contributed by atoms with Gasteiger partial charge in [0, 0.05) is 37.1 Å². The van der Waals surface area contributed by atoms with E-state index in [1.165, 1.54) is 19.4 Å². The standard InChI is InChI=1S/C29H34ClF4N7O/c1-15-10-21(35)37-26(23(15)29(32,33)34)22-20(30)11-19-25(24(22)31)38-28(42-16(2)12-40-8-4-3-5-9-40)39-27(19)41-13-17-6-7-18(14-41)36-17/h10-11,16-18,36H,3-9,12-14H2,1-2H3,(H2,35,37). The Bertz CT molecular complexity index is 1490. The topological polar surface area (TPSA) is 92.4 Å². The van der Waals surface area contributed by atoms with Crippen LogP contribution in [0.15, 0.2) is 12.1 Å². The number of halogens is 5. The molecule has 2 bridgehead atoms. The second-order valence-electron chi connectivity index (χ2n) is 11.7. The Labute approximate surface area is 246 Å². The molecule has 3 aliphatic rings. The van der Waals surface area contributed by atoms with E-state index in [0.29, 0.717) is 30.8 Å². The highest BCUT2D eigenvalue weighted by Gasteiger charge is 2.39. The number of nitrogens with zero attached hydrogens (tertiary/aromatic N) is 5. The largest absolute Gasteiger partial charge is 0.459 e. The molecular weight excluding hydrogens is 574 g/mol. The lowest BCUT2D eigenvalue weighted by Gasteiger charge is -2.34. The summed E-state index contributed by atoms with van der Waals surface area (Å²) in [5.41, 5.74) is 3.17. The van der Waals surface area contributed by atoms with Crippen LogP contribution in [0.1, 0.15) is 50.2 Å². The van der Waals surface area contributed by atoms with Gasteiger partial charge in [0.05, 0.1) is 21.8 Å². The van der Waals surface area contributed by atoms with E-state index in [1.807, 2.05) is 6.92 Å². The maximum absolute atomic E-state index is 16.5. The summed E-state index contributed by atoms with van der Waals surface area (Å²) in [6.45, 7) is 7.06. The van der Waals surface area contributed by atoms with Gasteiger partial charge in [-0.3, -0.25) is 4.90 Å². The first-order valence-corrected chi connectivity index (χ1v) is 14.8. The lowest BCUT2D eigenvalue weighted by molar-refractivity contribution is -0.137. The first kappa shape index (κ1) is 29.1. The van der Waals surface area contributed by atoms with Gasteiger partial charge in [-0.2, -0.15) is 23.1 Å². The van der Waals surface area contributed by atoms with Crippen molar-refractivity contribution in [3.63, 3.8) is 0 Å². The zero-order valence-corrected chi connectivity index (χ0v) is 24.3. The quantitative estimate of drug-likeness (QED) is 0.351. The Morgan fingerprint density at radius 3 is 2.45 bits per heavy atom. The maximum Gasteiger partial charge on any atom is 0.418 e. The fraction of sp³-hybridized carbons (Fsp3) is 0.552. The first-order chi connectivity index (χ1) is 20.0. The Kier molecular flexibility index (Phi) is 7.82. The van der Waals surface area contributed by atoms with Crippen LogP contribution in [-0.2, 0) is 6.18 Å². The highest BCUT2D eigenvalue weighted by atomic mass is 35.5. The van der Waals surface area contributed by atoms with Crippen molar-refractivity contribution in [3.05, 3.63) is 34.1 Å². The summed E-state index contributed by atoms with van der Waals surface area (Å²) < 4.78 is 65.2. The van der Waals surface area contributed by atoms with Gasteiger partial charge in [-0.15, -0.1) is 0 Å². The van der Waals surface area contributed by atoms with Crippen molar-refractivity contribution < 1.29 is 22.3 Å². The molecular formula is C29H34ClF4N7O. The van der Waals surface area contributed by atoms with Crippen LogP contribution >= 0.6 is 11.6 Å². The SMILES string of the molecule is Cc1cc(N)nc(-c2c(Cl)cc3c(N4CC5CCC(C4)N5)nc(OC(C)CN4CCCCC4)nc3c2F)c1C(F)(F)F. The van der Waals surface area contributed by atoms with E-state index in [9.17, 15) is 13.2 Å². The number of aryl methyl sites for hydroxylation is 1. The molecule has 0 aliphatic carbocycles. The van der Waals surface area contributed by atoms with Crippen molar-refractivity contribution in [2.75, 3.05) is 43.4 Å². The van der Waals surface area contributed by atoms with Crippen molar-refractivity contribution >= 4 is 34.1 Å². The third-order valence-corrected chi connectivity index (χ3v) is 8.68. The molecule has 0 spiro atoms. The van der Waals surface area contributed by atoms with E-state index in [4.69, 9.17) is 27.1 Å². The molecule has 3 unspecified atom stereocenters. The number of nitrogens with two attached hydrogens (primary N) is 1. The molecule has 0 radical (unpaired) electrons. The van der Waals surface area contributed by atoms with Gasteiger partial charge >= 0.3 is 12.2 Å². The van der Waals surface area contributed by atoms with Crippen molar-refractivity contribution in [1.29, 1.82) is 0 Å². The summed E-state index contributed by atoms with van der Waals surface area (Å²) in [7, 11) is 0. The van der Waals surface area contributed by atoms with Gasteiger partial charge in [0.15, 0.2) is 5.82 Å². The number of benzene rings is 1. The second kappa shape index (κ2) is 11.3. The minimum absolute atomic E-state index is 0.0344. The van der Waals surface area contributed by atoms with E-state index in [1.54, 1.807) is 0 Å². The average molecular weight is 608 g/mol. The molecule has 0 saturated carbocycles. The Morgan fingerprint density at radius 1 is 1.10 bits per heavy atom. The number of nitrogens with one attached hydrogen (secondary N) is 1. The number of anilines is 2. The number of hydrogen-bond acceptors (Lipinski definition) is 8. The number of piperazine rings is 1. The van der Waals surface area contributed by atoms with Crippen LogP contribution in [0, 0.1) is 12.7 Å². The minimum atomic E-state index is -4.82. The molecule has 3 aliphatic heterocycles. The van der Waals surface area contributed by atoms with Crippen LogP contribution in [-0.4, -0.2) is 70.8 Å². The molecule has 226 valence electrons. The number of ether oxygens (including phenoxy) is 1. The molecule has 3 saturated heterocycles. The number of piperidine rings is 1. The van der Waals surface area contributed by atoms with Crippen molar-refractivity contribution in [1.82, 2.24) is 25.2 Å². The van der Waals surface area contributed by atoms with E-state index >= 15 is 4.39 Å². The summed E-state index contributed by atoms with van der Waals surface area (Å²) in [6, 6.07) is 3.01. The lowest BCUT2D eigenvalue weighted by Crippen LogP contribution is -2.51. The van der Waals surface area contributed by atoms with Crippen LogP contribution in [0.2, 0.25) is 5.02 Å². The van der Waals surface area contributed by atoms with Gasteiger partial charge in [0.2, 0.25) is 0 Å². The molecule has 0 amide bonds. The Hall–Kier alpha value is -2.96.